The molecule has 130 valence electrons. The molecule has 2 amide bonds. The number of hydrogen-bond acceptors (Lipinski definition) is 4. The predicted molar refractivity (Wildman–Crippen MR) is 91.6 cm³/mol. The van der Waals surface area contributed by atoms with E-state index in [-0.39, 0.29) is 24.2 Å². The number of halogens is 1. The van der Waals surface area contributed by atoms with Crippen LogP contribution in [0.3, 0.4) is 0 Å². The highest BCUT2D eigenvalue weighted by Gasteiger charge is 2.23. The Morgan fingerprint density at radius 2 is 1.80 bits per heavy atom. The van der Waals surface area contributed by atoms with E-state index in [1.807, 2.05) is 4.90 Å². The lowest BCUT2D eigenvalue weighted by atomic mass is 10.2. The number of hydrogen-bond donors (Lipinski definition) is 1. The van der Waals surface area contributed by atoms with E-state index in [0.717, 1.165) is 0 Å². The first kappa shape index (κ1) is 17.0. The van der Waals surface area contributed by atoms with E-state index < -0.39 is 0 Å². The van der Waals surface area contributed by atoms with E-state index in [4.69, 9.17) is 0 Å². The number of nitrogens with zero attached hydrogens (tertiary/aromatic N) is 3. The zero-order chi connectivity index (χ0) is 17.6. The quantitative estimate of drug-likeness (QED) is 0.917. The van der Waals surface area contributed by atoms with Crippen LogP contribution in [0.15, 0.2) is 48.8 Å². The molecule has 0 radical (unpaired) electrons. The molecular weight excluding hydrogens is 323 g/mol. The van der Waals surface area contributed by atoms with Gasteiger partial charge in [-0.3, -0.25) is 19.5 Å². The fraction of sp³-hybridized carbons (Fsp3) is 0.278. The minimum atomic E-state index is -0.388. The van der Waals surface area contributed by atoms with Crippen LogP contribution in [0.1, 0.15) is 10.4 Å². The molecule has 0 aliphatic carbocycles. The Kier molecular flexibility index (Phi) is 5.35. The molecule has 6 nitrogen and oxygen atoms in total. The third kappa shape index (κ3) is 4.60. The molecule has 0 bridgehead atoms. The van der Waals surface area contributed by atoms with Gasteiger partial charge in [-0.2, -0.15) is 0 Å². The summed E-state index contributed by atoms with van der Waals surface area (Å²) in [5, 5.41) is 2.68. The van der Waals surface area contributed by atoms with Crippen LogP contribution in [0.4, 0.5) is 10.1 Å². The van der Waals surface area contributed by atoms with Crippen LogP contribution in [0.25, 0.3) is 0 Å². The van der Waals surface area contributed by atoms with Crippen molar-refractivity contribution >= 4 is 17.5 Å². The number of pyridine rings is 1. The van der Waals surface area contributed by atoms with Gasteiger partial charge in [0.15, 0.2) is 0 Å². The van der Waals surface area contributed by atoms with Gasteiger partial charge in [-0.05, 0) is 30.3 Å². The maximum Gasteiger partial charge on any atom is 0.254 e. The van der Waals surface area contributed by atoms with E-state index >= 15 is 0 Å². The summed E-state index contributed by atoms with van der Waals surface area (Å²) in [6.45, 7) is 2.58. The van der Waals surface area contributed by atoms with Gasteiger partial charge in [-0.25, -0.2) is 4.39 Å². The first-order chi connectivity index (χ1) is 12.1. The summed E-state index contributed by atoms with van der Waals surface area (Å²) in [4.78, 5) is 32.1. The monoisotopic (exact) mass is 342 g/mol. The summed E-state index contributed by atoms with van der Waals surface area (Å²) in [5.74, 6) is -0.605. The van der Waals surface area contributed by atoms with Gasteiger partial charge in [-0.15, -0.1) is 0 Å². The highest BCUT2D eigenvalue weighted by atomic mass is 19.1. The molecule has 1 aliphatic rings. The summed E-state index contributed by atoms with van der Waals surface area (Å²) in [5.41, 5.74) is 1.06. The zero-order valence-electron chi connectivity index (χ0n) is 13.7. The second-order valence-corrected chi connectivity index (χ2v) is 5.86. The first-order valence-electron chi connectivity index (χ1n) is 8.09. The predicted octanol–water partition coefficient (Wildman–Crippen LogP) is 1.62. The highest BCUT2D eigenvalue weighted by Crippen LogP contribution is 2.10. The smallest absolute Gasteiger partial charge is 0.254 e. The van der Waals surface area contributed by atoms with E-state index in [1.54, 1.807) is 41.6 Å². The Balaban J connectivity index is 1.47. The second kappa shape index (κ2) is 7.85. The van der Waals surface area contributed by atoms with Crippen molar-refractivity contribution in [3.05, 3.63) is 60.2 Å². The Labute approximate surface area is 145 Å². The summed E-state index contributed by atoms with van der Waals surface area (Å²) in [6, 6.07) is 9.20. The van der Waals surface area contributed by atoms with E-state index in [9.17, 15) is 14.0 Å². The molecule has 1 aromatic heterocycles. The van der Waals surface area contributed by atoms with Crippen LogP contribution in [-0.4, -0.2) is 59.3 Å². The highest BCUT2D eigenvalue weighted by molar-refractivity contribution is 5.94. The van der Waals surface area contributed by atoms with Crippen LogP contribution in [0.2, 0.25) is 0 Å². The van der Waals surface area contributed by atoms with Gasteiger partial charge in [0.05, 0.1) is 6.54 Å². The second-order valence-electron chi connectivity index (χ2n) is 5.86. The number of aromatic nitrogens is 1. The lowest BCUT2D eigenvalue weighted by Crippen LogP contribution is -2.50. The molecule has 2 heterocycles. The Hall–Kier alpha value is -2.80. The number of amides is 2. The molecule has 1 N–H and O–H groups in total. The third-order valence-corrected chi connectivity index (χ3v) is 4.06. The third-order valence-electron chi connectivity index (χ3n) is 4.06. The summed E-state index contributed by atoms with van der Waals surface area (Å²) in [7, 11) is 0. The maximum atomic E-state index is 13.1. The van der Waals surface area contributed by atoms with Crippen LogP contribution < -0.4 is 5.32 Å². The molecular formula is C18H19FN4O2. The molecule has 1 aliphatic heterocycles. The largest absolute Gasteiger partial charge is 0.336 e. The van der Waals surface area contributed by atoms with Crippen molar-refractivity contribution in [1.82, 2.24) is 14.8 Å². The number of nitrogens with one attached hydrogen (secondary N) is 1. The minimum Gasteiger partial charge on any atom is -0.336 e. The van der Waals surface area contributed by atoms with Crippen LogP contribution in [0.5, 0.6) is 0 Å². The Bertz CT molecular complexity index is 746. The lowest BCUT2D eigenvalue weighted by Gasteiger charge is -2.34. The molecule has 0 spiro atoms. The van der Waals surface area contributed by atoms with Gasteiger partial charge in [0.2, 0.25) is 5.91 Å². The van der Waals surface area contributed by atoms with E-state index in [0.29, 0.717) is 37.4 Å². The SMILES string of the molecule is O=C(CN1CCN(C(=O)c2ccncc2)CC1)Nc1cccc(F)c1. The number of rotatable bonds is 4. The average Bonchev–Trinajstić information content (AvgIpc) is 2.62. The topological polar surface area (TPSA) is 65.5 Å². The van der Waals surface area contributed by atoms with E-state index in [1.165, 1.54) is 12.1 Å². The maximum absolute atomic E-state index is 13.1. The molecule has 1 aromatic carbocycles. The number of benzene rings is 1. The van der Waals surface area contributed by atoms with Gasteiger partial charge in [0.25, 0.3) is 5.91 Å². The fourth-order valence-corrected chi connectivity index (χ4v) is 2.76. The van der Waals surface area contributed by atoms with Crippen LogP contribution in [0, 0.1) is 5.82 Å². The molecule has 1 saturated heterocycles. The van der Waals surface area contributed by atoms with Crippen molar-refractivity contribution in [2.75, 3.05) is 38.0 Å². The van der Waals surface area contributed by atoms with Crippen molar-refractivity contribution in [3.8, 4) is 0 Å². The number of anilines is 1. The number of carbonyl (C=O) groups excluding carboxylic acids is 2. The van der Waals surface area contributed by atoms with Crippen molar-refractivity contribution in [2.45, 2.75) is 0 Å². The summed E-state index contributed by atoms with van der Waals surface area (Å²) < 4.78 is 13.1. The van der Waals surface area contributed by atoms with Crippen molar-refractivity contribution in [1.29, 1.82) is 0 Å². The minimum absolute atomic E-state index is 0.0220. The molecule has 2 aromatic rings. The standard InChI is InChI=1S/C18H19FN4O2/c19-15-2-1-3-16(12-15)21-17(24)13-22-8-10-23(11-9-22)18(25)14-4-6-20-7-5-14/h1-7,12H,8-11,13H2,(H,21,24). The van der Waals surface area contributed by atoms with Crippen LogP contribution in [-0.2, 0) is 4.79 Å². The Morgan fingerprint density at radius 1 is 1.08 bits per heavy atom. The van der Waals surface area contributed by atoms with Crippen molar-refractivity contribution < 1.29 is 14.0 Å². The number of piperazine rings is 1. The van der Waals surface area contributed by atoms with Crippen molar-refractivity contribution in [3.63, 3.8) is 0 Å². The van der Waals surface area contributed by atoms with Gasteiger partial charge in [0.1, 0.15) is 5.82 Å². The zero-order valence-corrected chi connectivity index (χ0v) is 13.7. The Morgan fingerprint density at radius 3 is 2.48 bits per heavy atom. The molecule has 7 heteroatoms. The van der Waals surface area contributed by atoms with E-state index in [2.05, 4.69) is 10.3 Å². The fourth-order valence-electron chi connectivity index (χ4n) is 2.76. The molecule has 0 unspecified atom stereocenters. The first-order valence-corrected chi connectivity index (χ1v) is 8.09. The van der Waals surface area contributed by atoms with Crippen LogP contribution >= 0.6 is 0 Å². The molecule has 0 atom stereocenters. The van der Waals surface area contributed by atoms with Crippen molar-refractivity contribution in [2.24, 2.45) is 0 Å². The van der Waals surface area contributed by atoms with Gasteiger partial charge in [0, 0.05) is 49.8 Å². The summed E-state index contributed by atoms with van der Waals surface area (Å²) >= 11 is 0. The van der Waals surface area contributed by atoms with Gasteiger partial charge >= 0.3 is 0 Å². The average molecular weight is 342 g/mol. The molecule has 25 heavy (non-hydrogen) atoms. The normalized spacial score (nSPS) is 15.0. The molecule has 1 fully saturated rings. The molecule has 3 rings (SSSR count). The number of carbonyl (C=O) groups is 2. The lowest BCUT2D eigenvalue weighted by molar-refractivity contribution is -0.117. The van der Waals surface area contributed by atoms with Gasteiger partial charge in [-0.1, -0.05) is 6.07 Å². The molecule has 0 saturated carbocycles. The van der Waals surface area contributed by atoms with Gasteiger partial charge < -0.3 is 10.2 Å². The summed E-state index contributed by atoms with van der Waals surface area (Å²) in [6.07, 6.45) is 3.19.